The average Bonchev–Trinajstić information content (AvgIpc) is 2.54. The summed E-state index contributed by atoms with van der Waals surface area (Å²) in [6.45, 7) is 5.85. The van der Waals surface area contributed by atoms with Gasteiger partial charge in [-0.3, -0.25) is 9.69 Å². The van der Waals surface area contributed by atoms with Crippen LogP contribution in [0.5, 0.6) is 0 Å². The number of carbonyl (C=O) groups is 1. The third-order valence-corrected chi connectivity index (χ3v) is 5.80. The van der Waals surface area contributed by atoms with E-state index in [-0.39, 0.29) is 5.82 Å². The van der Waals surface area contributed by atoms with Gasteiger partial charge in [-0.1, -0.05) is 0 Å². The molecule has 2 rings (SSSR count). The van der Waals surface area contributed by atoms with Crippen molar-refractivity contribution in [3.05, 3.63) is 30.1 Å². The van der Waals surface area contributed by atoms with Crippen LogP contribution in [0.1, 0.15) is 6.92 Å². The van der Waals surface area contributed by atoms with E-state index in [4.69, 9.17) is 0 Å². The molecule has 24 heavy (non-hydrogen) atoms. The second-order valence-electron chi connectivity index (χ2n) is 6.07. The highest BCUT2D eigenvalue weighted by atomic mass is 32.2. The molecule has 0 spiro atoms. The molecule has 1 fully saturated rings. The summed E-state index contributed by atoms with van der Waals surface area (Å²) < 4.78 is 35.6. The number of nitrogens with zero attached hydrogens (tertiary/aromatic N) is 2. The number of halogens is 1. The first-order valence-electron chi connectivity index (χ1n) is 7.97. The van der Waals surface area contributed by atoms with Crippen LogP contribution in [0, 0.1) is 5.82 Å². The highest BCUT2D eigenvalue weighted by Gasteiger charge is 2.23. The van der Waals surface area contributed by atoms with Gasteiger partial charge in [-0.15, -0.1) is 0 Å². The fourth-order valence-corrected chi connectivity index (χ4v) is 3.03. The maximum Gasteiger partial charge on any atom is 0.238 e. The fraction of sp³-hybridized carbons (Fsp3) is 0.562. The van der Waals surface area contributed by atoms with E-state index in [0.717, 1.165) is 38.1 Å². The molecule has 0 saturated carbocycles. The first-order chi connectivity index (χ1) is 11.3. The topological polar surface area (TPSA) is 69.7 Å². The van der Waals surface area contributed by atoms with E-state index >= 15 is 0 Å². The molecule has 134 valence electrons. The zero-order chi connectivity index (χ0) is 17.7. The predicted molar refractivity (Wildman–Crippen MR) is 92.4 cm³/mol. The summed E-state index contributed by atoms with van der Waals surface area (Å²) in [6, 6.07) is 6.47. The van der Waals surface area contributed by atoms with E-state index in [1.54, 1.807) is 12.1 Å². The first-order valence-corrected chi connectivity index (χ1v) is 9.92. The number of benzene rings is 1. The smallest absolute Gasteiger partial charge is 0.238 e. The van der Waals surface area contributed by atoms with Crippen LogP contribution in [0.4, 0.5) is 10.1 Å². The number of piperazine rings is 1. The number of hydrogen-bond acceptors (Lipinski definition) is 5. The second-order valence-corrected chi connectivity index (χ2v) is 8.43. The van der Waals surface area contributed by atoms with Crippen LogP contribution < -0.4 is 10.2 Å². The van der Waals surface area contributed by atoms with Crippen molar-refractivity contribution in [3.63, 3.8) is 0 Å². The van der Waals surface area contributed by atoms with E-state index in [9.17, 15) is 17.6 Å². The van der Waals surface area contributed by atoms with E-state index in [2.05, 4.69) is 15.1 Å². The van der Waals surface area contributed by atoms with E-state index < -0.39 is 21.0 Å². The number of amides is 1. The molecule has 1 heterocycles. The molecule has 0 aromatic heterocycles. The molecule has 1 saturated heterocycles. The standard InChI is InChI=1S/C16H24FN3O3S/c1-13(24(2,22)23)16(21)18-7-8-19-9-11-20(12-10-19)15-5-3-14(17)4-6-15/h3-6,13H,7-12H2,1-2H3,(H,18,21). The van der Waals surface area contributed by atoms with Gasteiger partial charge in [0.15, 0.2) is 9.84 Å². The van der Waals surface area contributed by atoms with E-state index in [1.807, 2.05) is 0 Å². The van der Waals surface area contributed by atoms with Gasteiger partial charge in [-0.2, -0.15) is 0 Å². The Balaban J connectivity index is 1.72. The van der Waals surface area contributed by atoms with Crippen molar-refractivity contribution in [1.82, 2.24) is 10.2 Å². The molecule has 1 aromatic rings. The molecule has 0 aliphatic carbocycles. The highest BCUT2D eigenvalue weighted by molar-refractivity contribution is 7.92. The molecular formula is C16H24FN3O3S. The molecule has 1 aliphatic rings. The summed E-state index contributed by atoms with van der Waals surface area (Å²) in [7, 11) is -3.36. The number of sulfone groups is 1. The van der Waals surface area contributed by atoms with E-state index in [1.165, 1.54) is 19.1 Å². The van der Waals surface area contributed by atoms with Gasteiger partial charge in [0.05, 0.1) is 0 Å². The molecule has 1 amide bonds. The molecule has 1 aliphatic heterocycles. The summed E-state index contributed by atoms with van der Waals surface area (Å²) in [5.41, 5.74) is 1.01. The monoisotopic (exact) mass is 357 g/mol. The third-order valence-electron chi connectivity index (χ3n) is 4.30. The molecule has 1 atom stereocenters. The van der Waals surface area contributed by atoms with Crippen molar-refractivity contribution in [2.75, 3.05) is 50.4 Å². The highest BCUT2D eigenvalue weighted by Crippen LogP contribution is 2.16. The van der Waals surface area contributed by atoms with Gasteiger partial charge >= 0.3 is 0 Å². The summed E-state index contributed by atoms with van der Waals surface area (Å²) in [6.07, 6.45) is 1.06. The molecule has 0 bridgehead atoms. The Morgan fingerprint density at radius 2 is 1.79 bits per heavy atom. The minimum absolute atomic E-state index is 0.239. The summed E-state index contributed by atoms with van der Waals surface area (Å²) >= 11 is 0. The first kappa shape index (κ1) is 18.7. The van der Waals surface area contributed by atoms with Crippen molar-refractivity contribution in [2.24, 2.45) is 0 Å². The molecular weight excluding hydrogens is 333 g/mol. The normalized spacial score (nSPS) is 17.5. The van der Waals surface area contributed by atoms with Crippen LogP contribution in [0.3, 0.4) is 0 Å². The molecule has 1 N–H and O–H groups in total. The summed E-state index contributed by atoms with van der Waals surface area (Å²) in [5, 5.41) is 1.65. The summed E-state index contributed by atoms with van der Waals surface area (Å²) in [5.74, 6) is -0.695. The quantitative estimate of drug-likeness (QED) is 0.803. The minimum atomic E-state index is -3.36. The Morgan fingerprint density at radius 1 is 1.21 bits per heavy atom. The number of nitrogens with one attached hydrogen (secondary N) is 1. The third kappa shape index (κ3) is 5.17. The van der Waals surface area contributed by atoms with Crippen LogP contribution in [0.2, 0.25) is 0 Å². The van der Waals surface area contributed by atoms with Crippen molar-refractivity contribution in [3.8, 4) is 0 Å². The average molecular weight is 357 g/mol. The van der Waals surface area contributed by atoms with Gasteiger partial charge in [0.1, 0.15) is 11.1 Å². The number of hydrogen-bond donors (Lipinski definition) is 1. The molecule has 1 unspecified atom stereocenters. The molecule has 6 nitrogen and oxygen atoms in total. The van der Waals surface area contributed by atoms with Crippen LogP contribution in [-0.2, 0) is 14.6 Å². The van der Waals surface area contributed by atoms with Gasteiger partial charge in [-0.05, 0) is 31.2 Å². The number of rotatable bonds is 6. The lowest BCUT2D eigenvalue weighted by atomic mass is 10.2. The van der Waals surface area contributed by atoms with Crippen molar-refractivity contribution in [2.45, 2.75) is 12.2 Å². The molecule has 8 heteroatoms. The maximum atomic E-state index is 13.0. The Kier molecular flexibility index (Phi) is 6.17. The zero-order valence-corrected chi connectivity index (χ0v) is 14.9. The second kappa shape index (κ2) is 7.94. The molecule has 1 aromatic carbocycles. The molecule has 0 radical (unpaired) electrons. The summed E-state index contributed by atoms with van der Waals surface area (Å²) in [4.78, 5) is 16.2. The Labute approximate surface area is 142 Å². The SMILES string of the molecule is CC(C(=O)NCCN1CCN(c2ccc(F)cc2)CC1)S(C)(=O)=O. The largest absolute Gasteiger partial charge is 0.369 e. The Morgan fingerprint density at radius 3 is 2.33 bits per heavy atom. The lowest BCUT2D eigenvalue weighted by Gasteiger charge is -2.36. The minimum Gasteiger partial charge on any atom is -0.369 e. The van der Waals surface area contributed by atoms with Crippen molar-refractivity contribution >= 4 is 21.4 Å². The van der Waals surface area contributed by atoms with Gasteiger partial charge in [0.2, 0.25) is 5.91 Å². The maximum absolute atomic E-state index is 13.0. The van der Waals surface area contributed by atoms with Gasteiger partial charge < -0.3 is 10.2 Å². The van der Waals surface area contributed by atoms with Gasteiger partial charge in [0, 0.05) is 51.2 Å². The van der Waals surface area contributed by atoms with Gasteiger partial charge in [0.25, 0.3) is 0 Å². The van der Waals surface area contributed by atoms with Crippen LogP contribution >= 0.6 is 0 Å². The Hall–Kier alpha value is -1.67. The van der Waals surface area contributed by atoms with Crippen LogP contribution in [-0.4, -0.2) is 70.0 Å². The van der Waals surface area contributed by atoms with Crippen molar-refractivity contribution in [1.29, 1.82) is 0 Å². The van der Waals surface area contributed by atoms with E-state index in [0.29, 0.717) is 13.1 Å². The number of carbonyl (C=O) groups excluding carboxylic acids is 1. The van der Waals surface area contributed by atoms with Crippen LogP contribution in [0.25, 0.3) is 0 Å². The van der Waals surface area contributed by atoms with Crippen LogP contribution in [0.15, 0.2) is 24.3 Å². The van der Waals surface area contributed by atoms with Gasteiger partial charge in [-0.25, -0.2) is 12.8 Å². The zero-order valence-electron chi connectivity index (χ0n) is 14.0. The van der Waals surface area contributed by atoms with Crippen molar-refractivity contribution < 1.29 is 17.6 Å². The number of anilines is 1. The fourth-order valence-electron chi connectivity index (χ4n) is 2.56. The lowest BCUT2D eigenvalue weighted by Crippen LogP contribution is -2.49. The Bertz CT molecular complexity index is 656. The lowest BCUT2D eigenvalue weighted by molar-refractivity contribution is -0.120. The predicted octanol–water partition coefficient (Wildman–Crippen LogP) is 0.497.